The van der Waals surface area contributed by atoms with E-state index in [1.807, 2.05) is 48.5 Å². The van der Waals surface area contributed by atoms with Crippen molar-refractivity contribution < 1.29 is 0 Å². The average Bonchev–Trinajstić information content (AvgIpc) is 3.30. The summed E-state index contributed by atoms with van der Waals surface area (Å²) in [5, 5.41) is 0. The minimum atomic E-state index is 0.725. The van der Waals surface area contributed by atoms with Crippen molar-refractivity contribution in [2.24, 2.45) is 0 Å². The molecule has 0 amide bonds. The first kappa shape index (κ1) is 12.2. The van der Waals surface area contributed by atoms with E-state index < -0.39 is 0 Å². The summed E-state index contributed by atoms with van der Waals surface area (Å²) in [4.78, 5) is 23.4. The monoisotopic (exact) mass is 300 g/mol. The number of fused-ring (bicyclic) bond motifs is 2. The summed E-state index contributed by atoms with van der Waals surface area (Å²) in [6.07, 6.45) is 1.66. The molecule has 23 heavy (non-hydrogen) atoms. The van der Waals surface area contributed by atoms with Crippen LogP contribution in [0.1, 0.15) is 0 Å². The topological polar surface area (TPSA) is 86.0 Å². The summed E-state index contributed by atoms with van der Waals surface area (Å²) in [5.41, 5.74) is 5.39. The van der Waals surface area contributed by atoms with E-state index in [-0.39, 0.29) is 0 Å². The van der Waals surface area contributed by atoms with Gasteiger partial charge in [0.15, 0.2) is 11.6 Å². The predicted octanol–water partition coefficient (Wildman–Crippen LogP) is 3.50. The van der Waals surface area contributed by atoms with E-state index in [0.717, 1.165) is 45.1 Å². The van der Waals surface area contributed by atoms with Crippen LogP contribution in [-0.2, 0) is 0 Å². The Balaban J connectivity index is 1.69. The molecule has 2 aromatic carbocycles. The van der Waals surface area contributed by atoms with Gasteiger partial charge in [0.05, 0.1) is 28.4 Å². The fourth-order valence-electron chi connectivity index (χ4n) is 2.79. The lowest BCUT2D eigenvalue weighted by atomic mass is 10.3. The molecule has 0 atom stereocenters. The first-order chi connectivity index (χ1) is 11.4. The lowest BCUT2D eigenvalue weighted by molar-refractivity contribution is 1.26. The van der Waals surface area contributed by atoms with E-state index in [1.165, 1.54) is 0 Å². The fraction of sp³-hybridized carbons (Fsp3) is 0. The zero-order valence-corrected chi connectivity index (χ0v) is 12.0. The van der Waals surface area contributed by atoms with Crippen molar-refractivity contribution in [2.75, 3.05) is 0 Å². The van der Waals surface area contributed by atoms with Gasteiger partial charge in [-0.25, -0.2) is 15.0 Å². The number of hydrogen-bond acceptors (Lipinski definition) is 3. The predicted molar refractivity (Wildman–Crippen MR) is 88.8 cm³/mol. The van der Waals surface area contributed by atoms with Gasteiger partial charge >= 0.3 is 0 Å². The maximum absolute atomic E-state index is 4.63. The Labute approximate surface area is 130 Å². The normalized spacial score (nSPS) is 11.5. The Morgan fingerprint density at radius 3 is 2.00 bits per heavy atom. The summed E-state index contributed by atoms with van der Waals surface area (Å²) in [7, 11) is 0. The number of nitrogens with one attached hydrogen (secondary N) is 3. The van der Waals surface area contributed by atoms with Crippen LogP contribution in [0.25, 0.3) is 45.1 Å². The van der Waals surface area contributed by atoms with Gasteiger partial charge in [0.25, 0.3) is 0 Å². The standard InChI is InChI=1S/C17H12N6/c1-2-6-11-10(5-1)20-16(21-11)14-15(19-9-18-14)17-22-12-7-3-4-8-13(12)23-17/h1-9H,(H,18,19)(H,20,21)(H,22,23). The molecule has 0 fully saturated rings. The van der Waals surface area contributed by atoms with Gasteiger partial charge < -0.3 is 15.0 Å². The van der Waals surface area contributed by atoms with Crippen LogP contribution in [-0.4, -0.2) is 29.9 Å². The van der Waals surface area contributed by atoms with Gasteiger partial charge in [-0.3, -0.25) is 0 Å². The number of imidazole rings is 3. The Bertz CT molecular complexity index is 976. The molecular formula is C17H12N6. The molecule has 110 valence electrons. The van der Waals surface area contributed by atoms with Crippen LogP contribution in [0, 0.1) is 0 Å². The van der Waals surface area contributed by atoms with Crippen molar-refractivity contribution in [1.82, 2.24) is 29.9 Å². The van der Waals surface area contributed by atoms with Crippen molar-refractivity contribution in [2.45, 2.75) is 0 Å². The van der Waals surface area contributed by atoms with Crippen molar-refractivity contribution >= 4 is 22.1 Å². The lowest BCUT2D eigenvalue weighted by Gasteiger charge is -1.95. The van der Waals surface area contributed by atoms with Gasteiger partial charge in [0.2, 0.25) is 0 Å². The van der Waals surface area contributed by atoms with Crippen molar-refractivity contribution in [3.05, 3.63) is 54.9 Å². The number of hydrogen-bond donors (Lipinski definition) is 3. The number of para-hydroxylation sites is 4. The number of aromatic amines is 3. The van der Waals surface area contributed by atoms with E-state index in [4.69, 9.17) is 0 Å². The van der Waals surface area contributed by atoms with E-state index in [9.17, 15) is 0 Å². The van der Waals surface area contributed by atoms with Crippen molar-refractivity contribution in [3.63, 3.8) is 0 Å². The van der Waals surface area contributed by atoms with Gasteiger partial charge in [-0.05, 0) is 24.3 Å². The van der Waals surface area contributed by atoms with E-state index in [2.05, 4.69) is 29.9 Å². The lowest BCUT2D eigenvalue weighted by Crippen LogP contribution is -1.87. The van der Waals surface area contributed by atoms with E-state index in [0.29, 0.717) is 0 Å². The van der Waals surface area contributed by atoms with Gasteiger partial charge in [0, 0.05) is 0 Å². The summed E-state index contributed by atoms with van der Waals surface area (Å²) in [6.45, 7) is 0. The molecule has 0 aliphatic carbocycles. The molecule has 6 nitrogen and oxygen atoms in total. The molecule has 3 aromatic heterocycles. The smallest absolute Gasteiger partial charge is 0.159 e. The molecule has 6 heteroatoms. The highest BCUT2D eigenvalue weighted by atomic mass is 15.0. The number of nitrogens with zero attached hydrogens (tertiary/aromatic N) is 3. The van der Waals surface area contributed by atoms with E-state index >= 15 is 0 Å². The first-order valence-electron chi connectivity index (χ1n) is 7.32. The zero-order chi connectivity index (χ0) is 15.2. The molecule has 0 spiro atoms. The summed E-state index contributed by atoms with van der Waals surface area (Å²) < 4.78 is 0. The van der Waals surface area contributed by atoms with Gasteiger partial charge in [0.1, 0.15) is 11.4 Å². The summed E-state index contributed by atoms with van der Waals surface area (Å²) in [5.74, 6) is 1.47. The molecule has 0 aliphatic rings. The zero-order valence-electron chi connectivity index (χ0n) is 12.0. The number of H-pyrrole nitrogens is 3. The van der Waals surface area contributed by atoms with Crippen LogP contribution in [0.2, 0.25) is 0 Å². The van der Waals surface area contributed by atoms with Crippen molar-refractivity contribution in [1.29, 1.82) is 0 Å². The third-order valence-electron chi connectivity index (χ3n) is 3.88. The van der Waals surface area contributed by atoms with Gasteiger partial charge in [-0.1, -0.05) is 24.3 Å². The largest absolute Gasteiger partial charge is 0.341 e. The Hall–Kier alpha value is -3.41. The molecule has 0 unspecified atom stereocenters. The SMILES string of the molecule is c1ccc2[nH]c(-c3nc[nH]c3-c3nc4ccccc4[nH]3)nc2c1. The Kier molecular flexibility index (Phi) is 2.40. The third kappa shape index (κ3) is 1.85. The molecule has 0 radical (unpaired) electrons. The van der Waals surface area contributed by atoms with Crippen LogP contribution in [0.15, 0.2) is 54.9 Å². The fourth-order valence-corrected chi connectivity index (χ4v) is 2.79. The molecule has 0 aliphatic heterocycles. The number of benzene rings is 2. The number of aromatic nitrogens is 6. The second kappa shape index (κ2) is 4.54. The van der Waals surface area contributed by atoms with Crippen LogP contribution >= 0.6 is 0 Å². The molecule has 0 bridgehead atoms. The van der Waals surface area contributed by atoms with Gasteiger partial charge in [-0.15, -0.1) is 0 Å². The van der Waals surface area contributed by atoms with Crippen LogP contribution in [0.5, 0.6) is 0 Å². The van der Waals surface area contributed by atoms with E-state index in [1.54, 1.807) is 6.33 Å². The maximum atomic E-state index is 4.63. The molecule has 0 saturated heterocycles. The van der Waals surface area contributed by atoms with Crippen LogP contribution < -0.4 is 0 Å². The highest BCUT2D eigenvalue weighted by Crippen LogP contribution is 2.28. The molecule has 3 heterocycles. The first-order valence-corrected chi connectivity index (χ1v) is 7.32. The molecule has 3 N–H and O–H groups in total. The summed E-state index contributed by atoms with van der Waals surface area (Å²) in [6, 6.07) is 15.9. The number of rotatable bonds is 2. The molecule has 5 aromatic rings. The van der Waals surface area contributed by atoms with Crippen molar-refractivity contribution in [3.8, 4) is 23.0 Å². The summed E-state index contributed by atoms with van der Waals surface area (Å²) >= 11 is 0. The highest BCUT2D eigenvalue weighted by molar-refractivity contribution is 5.84. The molecule has 0 saturated carbocycles. The Morgan fingerprint density at radius 2 is 1.30 bits per heavy atom. The second-order valence-electron chi connectivity index (χ2n) is 5.33. The molecule has 5 rings (SSSR count). The second-order valence-corrected chi connectivity index (χ2v) is 5.33. The maximum Gasteiger partial charge on any atom is 0.159 e. The Morgan fingerprint density at radius 1 is 0.696 bits per heavy atom. The highest BCUT2D eigenvalue weighted by Gasteiger charge is 2.16. The van der Waals surface area contributed by atoms with Crippen LogP contribution in [0.4, 0.5) is 0 Å². The molecular weight excluding hydrogens is 288 g/mol. The quantitative estimate of drug-likeness (QED) is 0.466. The minimum absolute atomic E-state index is 0.725. The minimum Gasteiger partial charge on any atom is -0.341 e. The average molecular weight is 300 g/mol. The van der Waals surface area contributed by atoms with Crippen LogP contribution in [0.3, 0.4) is 0 Å². The van der Waals surface area contributed by atoms with Gasteiger partial charge in [-0.2, -0.15) is 0 Å². The third-order valence-corrected chi connectivity index (χ3v) is 3.88.